The Morgan fingerprint density at radius 3 is 2.72 bits per heavy atom. The van der Waals surface area contributed by atoms with E-state index in [0.717, 1.165) is 34.4 Å². The first kappa shape index (κ1) is 15.3. The van der Waals surface area contributed by atoms with Crippen molar-refractivity contribution in [2.24, 2.45) is 0 Å². The fraction of sp³-hybridized carbons (Fsp3) is 0.150. The summed E-state index contributed by atoms with van der Waals surface area (Å²) in [4.78, 5) is 17.0. The minimum absolute atomic E-state index is 0.105. The van der Waals surface area contributed by atoms with Crippen LogP contribution in [0.1, 0.15) is 23.1 Å². The van der Waals surface area contributed by atoms with Crippen LogP contribution in [0.25, 0.3) is 17.5 Å². The molecule has 0 saturated heterocycles. The molecule has 1 aliphatic rings. The molecule has 0 bridgehead atoms. The predicted molar refractivity (Wildman–Crippen MR) is 96.8 cm³/mol. The van der Waals surface area contributed by atoms with Crippen molar-refractivity contribution in [2.45, 2.75) is 12.8 Å². The Morgan fingerprint density at radius 2 is 1.92 bits per heavy atom. The number of ether oxygens (including phenoxy) is 1. The van der Waals surface area contributed by atoms with Crippen LogP contribution in [-0.4, -0.2) is 21.9 Å². The first-order chi connectivity index (χ1) is 12.3. The van der Waals surface area contributed by atoms with Gasteiger partial charge < -0.3 is 4.74 Å². The second kappa shape index (κ2) is 6.36. The van der Waals surface area contributed by atoms with Crippen LogP contribution in [0.5, 0.6) is 5.75 Å². The fourth-order valence-electron chi connectivity index (χ4n) is 3.16. The number of nitrogens with zero attached hydrogens (tertiary/aromatic N) is 3. The number of rotatable bonds is 3. The maximum Gasteiger partial charge on any atom is 0.276 e. The number of benzene rings is 1. The molecule has 0 N–H and O–H groups in total. The molecule has 5 heteroatoms. The Labute approximate surface area is 145 Å². The smallest absolute Gasteiger partial charge is 0.276 e. The zero-order chi connectivity index (χ0) is 17.2. The molecule has 1 aromatic carbocycles. The number of allylic oxidation sites excluding steroid dienone is 1. The lowest BCUT2D eigenvalue weighted by Gasteiger charge is -2.18. The van der Waals surface area contributed by atoms with E-state index in [0.29, 0.717) is 12.2 Å². The van der Waals surface area contributed by atoms with Crippen LogP contribution in [0.4, 0.5) is 0 Å². The third kappa shape index (κ3) is 2.74. The van der Waals surface area contributed by atoms with Gasteiger partial charge in [0, 0.05) is 22.9 Å². The van der Waals surface area contributed by atoms with E-state index in [1.807, 2.05) is 42.5 Å². The van der Waals surface area contributed by atoms with Gasteiger partial charge in [-0.1, -0.05) is 24.3 Å². The van der Waals surface area contributed by atoms with Crippen LogP contribution >= 0.6 is 0 Å². The number of fused-ring (bicyclic) bond motifs is 1. The Hall–Kier alpha value is -3.21. The monoisotopic (exact) mass is 331 g/mol. The Morgan fingerprint density at radius 1 is 1.08 bits per heavy atom. The molecule has 124 valence electrons. The second-order valence-electron chi connectivity index (χ2n) is 5.85. The van der Waals surface area contributed by atoms with Gasteiger partial charge in [0.05, 0.1) is 13.3 Å². The molecule has 0 unspecified atom stereocenters. The van der Waals surface area contributed by atoms with E-state index in [1.54, 1.807) is 25.6 Å². The van der Waals surface area contributed by atoms with Crippen molar-refractivity contribution < 1.29 is 4.74 Å². The number of para-hydroxylation sites is 1. The molecule has 2 heterocycles. The van der Waals surface area contributed by atoms with Crippen LogP contribution in [0.2, 0.25) is 0 Å². The minimum Gasteiger partial charge on any atom is -0.496 e. The average Bonchev–Trinajstić information content (AvgIpc) is 2.68. The average molecular weight is 331 g/mol. The van der Waals surface area contributed by atoms with E-state index >= 15 is 0 Å². The van der Waals surface area contributed by atoms with Gasteiger partial charge in [0.25, 0.3) is 5.56 Å². The molecular formula is C20H17N3O2. The second-order valence-corrected chi connectivity index (χ2v) is 5.85. The van der Waals surface area contributed by atoms with E-state index in [2.05, 4.69) is 10.1 Å². The molecule has 0 atom stereocenters. The predicted octanol–water partition coefficient (Wildman–Crippen LogP) is 3.12. The third-order valence-electron chi connectivity index (χ3n) is 4.40. The van der Waals surface area contributed by atoms with Gasteiger partial charge in [-0.15, -0.1) is 0 Å². The van der Waals surface area contributed by atoms with Crippen molar-refractivity contribution in [3.63, 3.8) is 0 Å². The number of aromatic nitrogens is 3. The number of methoxy groups -OCH3 is 1. The van der Waals surface area contributed by atoms with Crippen LogP contribution in [-0.2, 0) is 6.42 Å². The zero-order valence-electron chi connectivity index (χ0n) is 13.8. The lowest BCUT2D eigenvalue weighted by molar-refractivity contribution is 0.413. The van der Waals surface area contributed by atoms with E-state index < -0.39 is 0 Å². The molecule has 0 saturated carbocycles. The van der Waals surface area contributed by atoms with Crippen LogP contribution < -0.4 is 10.3 Å². The summed E-state index contributed by atoms with van der Waals surface area (Å²) in [5, 5.41) is 4.30. The number of pyridine rings is 1. The van der Waals surface area contributed by atoms with Gasteiger partial charge in [0.1, 0.15) is 5.75 Å². The van der Waals surface area contributed by atoms with Crippen molar-refractivity contribution in [1.82, 2.24) is 14.8 Å². The highest BCUT2D eigenvalue weighted by Crippen LogP contribution is 2.33. The first-order valence-electron chi connectivity index (χ1n) is 8.14. The van der Waals surface area contributed by atoms with Crippen LogP contribution in [0, 0.1) is 0 Å². The van der Waals surface area contributed by atoms with Gasteiger partial charge in [0.2, 0.25) is 0 Å². The van der Waals surface area contributed by atoms with Gasteiger partial charge >= 0.3 is 0 Å². The number of hydrogen-bond donors (Lipinski definition) is 0. The highest BCUT2D eigenvalue weighted by molar-refractivity contribution is 5.86. The summed E-state index contributed by atoms with van der Waals surface area (Å²) >= 11 is 0. The summed E-state index contributed by atoms with van der Waals surface area (Å²) in [6, 6.07) is 13.4. The Bertz CT molecular complexity index is 1010. The molecular weight excluding hydrogens is 314 g/mol. The van der Waals surface area contributed by atoms with E-state index in [4.69, 9.17) is 4.74 Å². The standard InChI is InChI=1S/C20H17N3O2/c1-25-18-7-3-2-6-16(18)14-9-10-17-15(12-14)13-22-23(20(17)24)19-8-4-5-11-21-19/h2-8,11-13H,9-10H2,1H3. The molecule has 5 nitrogen and oxygen atoms in total. The van der Waals surface area contributed by atoms with Crippen molar-refractivity contribution in [2.75, 3.05) is 7.11 Å². The van der Waals surface area contributed by atoms with Crippen molar-refractivity contribution in [3.8, 4) is 11.6 Å². The Balaban J connectivity index is 1.79. The highest BCUT2D eigenvalue weighted by Gasteiger charge is 2.19. The first-order valence-corrected chi connectivity index (χ1v) is 8.14. The summed E-state index contributed by atoms with van der Waals surface area (Å²) in [5.41, 5.74) is 3.75. The maximum absolute atomic E-state index is 12.8. The lowest BCUT2D eigenvalue weighted by atomic mass is 9.90. The van der Waals surface area contributed by atoms with Gasteiger partial charge in [-0.2, -0.15) is 9.78 Å². The largest absolute Gasteiger partial charge is 0.496 e. The number of hydrogen-bond acceptors (Lipinski definition) is 4. The molecule has 3 aromatic rings. The van der Waals surface area contributed by atoms with Crippen molar-refractivity contribution in [3.05, 3.63) is 81.9 Å². The van der Waals surface area contributed by atoms with Crippen molar-refractivity contribution in [1.29, 1.82) is 0 Å². The molecule has 0 radical (unpaired) electrons. The topological polar surface area (TPSA) is 57.0 Å². The van der Waals surface area contributed by atoms with Crippen LogP contribution in [0.3, 0.4) is 0 Å². The summed E-state index contributed by atoms with van der Waals surface area (Å²) in [7, 11) is 1.67. The zero-order valence-corrected chi connectivity index (χ0v) is 13.8. The summed E-state index contributed by atoms with van der Waals surface area (Å²) in [6.45, 7) is 0. The molecule has 2 aromatic heterocycles. The molecule has 0 fully saturated rings. The quantitative estimate of drug-likeness (QED) is 0.740. The molecule has 0 amide bonds. The summed E-state index contributed by atoms with van der Waals surface area (Å²) < 4.78 is 6.82. The van der Waals surface area contributed by atoms with Gasteiger partial charge in [-0.05, 0) is 42.7 Å². The van der Waals surface area contributed by atoms with Gasteiger partial charge in [0.15, 0.2) is 5.82 Å². The normalized spacial score (nSPS) is 13.1. The van der Waals surface area contributed by atoms with E-state index in [-0.39, 0.29) is 5.56 Å². The lowest BCUT2D eigenvalue weighted by Crippen LogP contribution is -2.27. The molecule has 25 heavy (non-hydrogen) atoms. The molecule has 1 aliphatic carbocycles. The summed E-state index contributed by atoms with van der Waals surface area (Å²) in [6.07, 6.45) is 6.89. The van der Waals surface area contributed by atoms with Gasteiger partial charge in [-0.25, -0.2) is 4.98 Å². The molecule has 0 aliphatic heterocycles. The van der Waals surface area contributed by atoms with Crippen molar-refractivity contribution >= 4 is 11.6 Å². The van der Waals surface area contributed by atoms with E-state index in [1.165, 1.54) is 4.68 Å². The molecule has 4 rings (SSSR count). The van der Waals surface area contributed by atoms with Crippen LogP contribution in [0.15, 0.2) is 59.7 Å². The Kier molecular flexibility index (Phi) is 3.90. The summed E-state index contributed by atoms with van der Waals surface area (Å²) in [5.74, 6) is 1.38. The minimum atomic E-state index is -0.105. The maximum atomic E-state index is 12.8. The molecule has 0 spiro atoms. The SMILES string of the molecule is COc1ccccc1C1=Cc2cnn(-c3ccccn3)c(=O)c2CC1. The van der Waals surface area contributed by atoms with Gasteiger partial charge in [-0.3, -0.25) is 4.79 Å². The highest BCUT2D eigenvalue weighted by atomic mass is 16.5. The third-order valence-corrected chi connectivity index (χ3v) is 4.40. The fourth-order valence-corrected chi connectivity index (χ4v) is 3.16. The van der Waals surface area contributed by atoms with E-state index in [9.17, 15) is 4.79 Å².